The molecule has 0 radical (unpaired) electrons. The van der Waals surface area contributed by atoms with Gasteiger partial charge in [-0.05, 0) is 58.7 Å². The number of hydrogen-bond donors (Lipinski definition) is 1. The third-order valence-corrected chi connectivity index (χ3v) is 6.53. The minimum atomic E-state index is -0.690. The van der Waals surface area contributed by atoms with Crippen molar-refractivity contribution < 1.29 is 14.4 Å². The molecule has 3 aromatic carbocycles. The van der Waals surface area contributed by atoms with E-state index in [1.165, 1.54) is 18.3 Å². The Morgan fingerprint density at radius 1 is 1.17 bits per heavy atom. The van der Waals surface area contributed by atoms with Gasteiger partial charge in [0.2, 0.25) is 0 Å². The van der Waals surface area contributed by atoms with E-state index in [-0.39, 0.29) is 23.1 Å². The average molecular weight is 574 g/mol. The summed E-state index contributed by atoms with van der Waals surface area (Å²) in [6.45, 7) is 2.18. The number of nitrogens with one attached hydrogen (secondary N) is 1. The zero-order valence-corrected chi connectivity index (χ0v) is 21.1. The second-order valence-corrected chi connectivity index (χ2v) is 8.57. The van der Waals surface area contributed by atoms with Crippen LogP contribution in [0.3, 0.4) is 0 Å². The van der Waals surface area contributed by atoms with Crippen molar-refractivity contribution in [3.63, 3.8) is 0 Å². The van der Waals surface area contributed by atoms with E-state index in [2.05, 4.69) is 26.0 Å². The molecule has 4 aromatic rings. The standard InChI is InChI=1S/C24H18BrClN4O6/c1-2-35-19-11-15(12-27-29-23(31)17-5-3-4-6-18(17)28-24(29)32)20(25)21(26)22(19)36-13-14-7-9-16(10-8-14)30(33)34/h3-12H,2,13H2,1H3,(H,28,32). The predicted molar refractivity (Wildman–Crippen MR) is 140 cm³/mol. The Kier molecular flexibility index (Phi) is 7.51. The van der Waals surface area contributed by atoms with Crippen LogP contribution in [-0.2, 0) is 6.61 Å². The second kappa shape index (κ2) is 10.8. The van der Waals surface area contributed by atoms with Gasteiger partial charge in [0.1, 0.15) is 11.6 Å². The van der Waals surface area contributed by atoms with E-state index in [9.17, 15) is 19.7 Å². The van der Waals surface area contributed by atoms with Gasteiger partial charge in [-0.3, -0.25) is 14.9 Å². The largest absolute Gasteiger partial charge is 0.490 e. The Bertz CT molecular complexity index is 1600. The number of nitrogens with zero attached hydrogens (tertiary/aromatic N) is 3. The third kappa shape index (κ3) is 5.16. The molecule has 1 heterocycles. The highest BCUT2D eigenvalue weighted by Crippen LogP contribution is 2.42. The fraction of sp³-hybridized carbons (Fsp3) is 0.125. The minimum Gasteiger partial charge on any atom is -0.490 e. The molecule has 1 N–H and O–H groups in total. The number of H-pyrrole nitrogens is 1. The first kappa shape index (κ1) is 25.1. The maximum Gasteiger partial charge on any atom is 0.349 e. The Labute approximate surface area is 217 Å². The molecule has 36 heavy (non-hydrogen) atoms. The zero-order chi connectivity index (χ0) is 25.8. The minimum absolute atomic E-state index is 0.0254. The third-order valence-electron chi connectivity index (χ3n) is 5.08. The SMILES string of the molecule is CCOc1cc(C=Nn2c(=O)[nH]c3ccccc3c2=O)c(Br)c(Cl)c1OCc1ccc([N+](=O)[O-])cc1. The fourth-order valence-corrected chi connectivity index (χ4v) is 4.00. The highest BCUT2D eigenvalue weighted by atomic mass is 79.9. The molecule has 0 unspecified atom stereocenters. The summed E-state index contributed by atoms with van der Waals surface area (Å²) in [5, 5.41) is 15.4. The Morgan fingerprint density at radius 3 is 2.58 bits per heavy atom. The van der Waals surface area contributed by atoms with Crippen LogP contribution >= 0.6 is 27.5 Å². The van der Waals surface area contributed by atoms with Crippen molar-refractivity contribution in [3.05, 3.63) is 106 Å². The second-order valence-electron chi connectivity index (χ2n) is 7.40. The van der Waals surface area contributed by atoms with E-state index in [0.29, 0.717) is 38.9 Å². The van der Waals surface area contributed by atoms with Crippen LogP contribution in [0.1, 0.15) is 18.1 Å². The van der Waals surface area contributed by atoms with Crippen LogP contribution in [0.4, 0.5) is 5.69 Å². The van der Waals surface area contributed by atoms with Gasteiger partial charge in [0.25, 0.3) is 11.2 Å². The molecule has 0 atom stereocenters. The number of halogens is 2. The molecule has 1 aromatic heterocycles. The summed E-state index contributed by atoms with van der Waals surface area (Å²) < 4.78 is 12.7. The summed E-state index contributed by atoms with van der Waals surface area (Å²) in [4.78, 5) is 38.1. The molecule has 184 valence electrons. The molecule has 0 aliphatic rings. The summed E-state index contributed by atoms with van der Waals surface area (Å²) in [5.74, 6) is 0.565. The number of rotatable bonds is 8. The summed E-state index contributed by atoms with van der Waals surface area (Å²) in [5.41, 5.74) is 0.256. The highest BCUT2D eigenvalue weighted by molar-refractivity contribution is 9.10. The van der Waals surface area contributed by atoms with Gasteiger partial charge in [0.05, 0.1) is 28.6 Å². The van der Waals surface area contributed by atoms with Gasteiger partial charge in [-0.25, -0.2) is 4.79 Å². The van der Waals surface area contributed by atoms with E-state index >= 15 is 0 Å². The van der Waals surface area contributed by atoms with E-state index in [0.717, 1.165) is 4.68 Å². The van der Waals surface area contributed by atoms with E-state index in [1.807, 2.05) is 0 Å². The fourth-order valence-electron chi connectivity index (χ4n) is 3.34. The first-order valence-electron chi connectivity index (χ1n) is 10.6. The van der Waals surface area contributed by atoms with Crippen molar-refractivity contribution in [2.45, 2.75) is 13.5 Å². The molecule has 0 saturated carbocycles. The number of aromatic nitrogens is 2. The summed E-state index contributed by atoms with van der Waals surface area (Å²) in [6.07, 6.45) is 1.31. The van der Waals surface area contributed by atoms with Crippen LogP contribution in [0.2, 0.25) is 5.02 Å². The summed E-state index contributed by atoms with van der Waals surface area (Å²) in [7, 11) is 0. The molecule has 12 heteroatoms. The number of fused-ring (bicyclic) bond motifs is 1. The lowest BCUT2D eigenvalue weighted by molar-refractivity contribution is -0.384. The van der Waals surface area contributed by atoms with Crippen molar-refractivity contribution >= 4 is 50.3 Å². The maximum atomic E-state index is 12.7. The molecule has 10 nitrogen and oxygen atoms in total. The van der Waals surface area contributed by atoms with Crippen LogP contribution < -0.4 is 20.7 Å². The summed E-state index contributed by atoms with van der Waals surface area (Å²) in [6, 6.07) is 14.2. The number of benzene rings is 3. The topological polar surface area (TPSA) is 129 Å². The van der Waals surface area contributed by atoms with Crippen LogP contribution in [0.25, 0.3) is 10.9 Å². The highest BCUT2D eigenvalue weighted by Gasteiger charge is 2.18. The predicted octanol–water partition coefficient (Wildman–Crippen LogP) is 4.87. The molecule has 0 amide bonds. The Balaban J connectivity index is 1.66. The van der Waals surface area contributed by atoms with Crippen molar-refractivity contribution in [2.75, 3.05) is 6.61 Å². The quantitative estimate of drug-likeness (QED) is 0.182. The van der Waals surface area contributed by atoms with Crippen molar-refractivity contribution in [1.29, 1.82) is 0 Å². The monoisotopic (exact) mass is 572 g/mol. The number of nitro benzene ring substituents is 1. The van der Waals surface area contributed by atoms with E-state index in [4.69, 9.17) is 21.1 Å². The zero-order valence-electron chi connectivity index (χ0n) is 18.7. The summed E-state index contributed by atoms with van der Waals surface area (Å²) >= 11 is 9.97. The van der Waals surface area contributed by atoms with Gasteiger partial charge in [-0.15, -0.1) is 4.68 Å². The van der Waals surface area contributed by atoms with Gasteiger partial charge in [0, 0.05) is 22.2 Å². The number of hydrogen-bond acceptors (Lipinski definition) is 7. The lowest BCUT2D eigenvalue weighted by atomic mass is 10.2. The number of ether oxygens (including phenoxy) is 2. The smallest absolute Gasteiger partial charge is 0.349 e. The normalized spacial score (nSPS) is 11.2. The molecule has 0 saturated heterocycles. The van der Waals surface area contributed by atoms with Gasteiger partial charge < -0.3 is 14.5 Å². The van der Waals surface area contributed by atoms with E-state index < -0.39 is 16.2 Å². The van der Waals surface area contributed by atoms with Crippen LogP contribution in [0, 0.1) is 10.1 Å². The molecule has 0 bridgehead atoms. The van der Waals surface area contributed by atoms with Gasteiger partial charge in [-0.1, -0.05) is 23.7 Å². The lowest BCUT2D eigenvalue weighted by Gasteiger charge is -2.16. The molecule has 0 aliphatic carbocycles. The van der Waals surface area contributed by atoms with Gasteiger partial charge >= 0.3 is 5.69 Å². The number of para-hydroxylation sites is 1. The van der Waals surface area contributed by atoms with Crippen LogP contribution in [0.15, 0.2) is 73.8 Å². The molecule has 0 spiro atoms. The Morgan fingerprint density at radius 2 is 1.89 bits per heavy atom. The maximum absolute atomic E-state index is 12.7. The van der Waals surface area contributed by atoms with E-state index in [1.54, 1.807) is 49.4 Å². The number of nitro groups is 1. The van der Waals surface area contributed by atoms with Gasteiger partial charge in [0.15, 0.2) is 11.5 Å². The molecule has 4 rings (SSSR count). The first-order valence-corrected chi connectivity index (χ1v) is 11.8. The van der Waals surface area contributed by atoms with Crippen LogP contribution in [-0.4, -0.2) is 27.4 Å². The van der Waals surface area contributed by atoms with Crippen molar-refractivity contribution in [1.82, 2.24) is 9.66 Å². The number of non-ortho nitro benzene ring substituents is 1. The average Bonchev–Trinajstić information content (AvgIpc) is 2.86. The van der Waals surface area contributed by atoms with Gasteiger partial charge in [-0.2, -0.15) is 5.10 Å². The Hall–Kier alpha value is -3.96. The lowest BCUT2D eigenvalue weighted by Crippen LogP contribution is -2.32. The molecule has 0 fully saturated rings. The van der Waals surface area contributed by atoms with Crippen LogP contribution in [0.5, 0.6) is 11.5 Å². The molecular weight excluding hydrogens is 556 g/mol. The van der Waals surface area contributed by atoms with Crippen molar-refractivity contribution in [2.24, 2.45) is 5.10 Å². The number of aromatic amines is 1. The van der Waals surface area contributed by atoms with Crippen molar-refractivity contribution in [3.8, 4) is 11.5 Å². The molecular formula is C24H18BrClN4O6. The molecule has 0 aliphatic heterocycles. The first-order chi connectivity index (χ1) is 17.3.